The maximum absolute atomic E-state index is 12.7. The maximum atomic E-state index is 12.7. The van der Waals surface area contributed by atoms with Crippen molar-refractivity contribution in [3.63, 3.8) is 0 Å². The number of nitrogens with zero attached hydrogens (tertiary/aromatic N) is 2. The number of unbranched alkanes of at least 4 members (excludes halogenated alkanes) is 2. The number of hydrogen-bond donors (Lipinski definition) is 1. The molecule has 25 heavy (non-hydrogen) atoms. The molecule has 6 nitrogen and oxygen atoms in total. The van der Waals surface area contributed by atoms with Crippen LogP contribution in [0.2, 0.25) is 10.0 Å². The molecule has 1 heterocycles. The molecule has 9 heteroatoms. The van der Waals surface area contributed by atoms with Crippen molar-refractivity contribution in [2.75, 3.05) is 32.7 Å². The molecule has 1 aromatic carbocycles. The summed E-state index contributed by atoms with van der Waals surface area (Å²) in [5, 5.41) is 3.10. The van der Waals surface area contributed by atoms with Gasteiger partial charge in [0, 0.05) is 32.7 Å². The molecule has 2 rings (SSSR count). The van der Waals surface area contributed by atoms with E-state index in [2.05, 4.69) is 12.2 Å². The van der Waals surface area contributed by atoms with Crippen molar-refractivity contribution in [3.8, 4) is 0 Å². The zero-order valence-electron chi connectivity index (χ0n) is 14.2. The van der Waals surface area contributed by atoms with Crippen LogP contribution in [-0.2, 0) is 10.0 Å². The predicted octanol–water partition coefficient (Wildman–Crippen LogP) is 3.20. The van der Waals surface area contributed by atoms with Gasteiger partial charge in [0.2, 0.25) is 10.0 Å². The number of rotatable bonds is 6. The molecule has 0 bridgehead atoms. The van der Waals surface area contributed by atoms with Crippen LogP contribution in [0.1, 0.15) is 26.2 Å². The minimum absolute atomic E-state index is 0.000802. The minimum atomic E-state index is -3.73. The summed E-state index contributed by atoms with van der Waals surface area (Å²) < 4.78 is 26.8. The van der Waals surface area contributed by atoms with Crippen molar-refractivity contribution in [1.29, 1.82) is 0 Å². The highest BCUT2D eigenvalue weighted by Gasteiger charge is 2.31. The Morgan fingerprint density at radius 3 is 2.48 bits per heavy atom. The molecule has 140 valence electrons. The standard InChI is InChI=1S/C16H23Cl2N3O3S/c1-2-3-4-8-19-16(22)20-9-11-21(12-10-20)25(23,24)14-7-5-6-13(17)15(14)18/h5-7H,2-4,8-12H2,1H3,(H,19,22). The zero-order chi connectivity index (χ0) is 18.4. The van der Waals surface area contributed by atoms with Gasteiger partial charge in [0.05, 0.1) is 10.0 Å². The predicted molar refractivity (Wildman–Crippen MR) is 99.7 cm³/mol. The number of benzene rings is 1. The first kappa shape index (κ1) is 20.3. The number of urea groups is 1. The van der Waals surface area contributed by atoms with Crippen molar-refractivity contribution < 1.29 is 13.2 Å². The molecule has 0 aromatic heterocycles. The Balaban J connectivity index is 1.95. The van der Waals surface area contributed by atoms with E-state index in [9.17, 15) is 13.2 Å². The molecule has 0 atom stereocenters. The van der Waals surface area contributed by atoms with Gasteiger partial charge in [0.15, 0.2) is 0 Å². The van der Waals surface area contributed by atoms with E-state index in [1.54, 1.807) is 17.0 Å². The molecule has 0 aliphatic carbocycles. The van der Waals surface area contributed by atoms with Crippen molar-refractivity contribution in [1.82, 2.24) is 14.5 Å². The Morgan fingerprint density at radius 2 is 1.84 bits per heavy atom. The highest BCUT2D eigenvalue weighted by molar-refractivity contribution is 7.89. The minimum Gasteiger partial charge on any atom is -0.338 e. The summed E-state index contributed by atoms with van der Waals surface area (Å²) in [6, 6.07) is 4.40. The van der Waals surface area contributed by atoms with Gasteiger partial charge in [-0.2, -0.15) is 4.31 Å². The number of nitrogens with one attached hydrogen (secondary N) is 1. The summed E-state index contributed by atoms with van der Waals surface area (Å²) in [6.45, 7) is 3.89. The molecular weight excluding hydrogens is 385 g/mol. The molecule has 0 saturated carbocycles. The molecule has 2 amide bonds. The first-order valence-corrected chi connectivity index (χ1v) is 10.5. The first-order valence-electron chi connectivity index (χ1n) is 8.35. The van der Waals surface area contributed by atoms with Crippen LogP contribution in [0.5, 0.6) is 0 Å². The smallest absolute Gasteiger partial charge is 0.317 e. The zero-order valence-corrected chi connectivity index (χ0v) is 16.5. The van der Waals surface area contributed by atoms with E-state index in [1.165, 1.54) is 10.4 Å². The molecule has 0 unspecified atom stereocenters. The van der Waals surface area contributed by atoms with E-state index in [4.69, 9.17) is 23.2 Å². The number of halogens is 2. The number of hydrogen-bond acceptors (Lipinski definition) is 3. The summed E-state index contributed by atoms with van der Waals surface area (Å²) in [5.74, 6) is 0. The van der Waals surface area contributed by atoms with E-state index in [0.717, 1.165) is 19.3 Å². The van der Waals surface area contributed by atoms with Crippen LogP contribution in [0.25, 0.3) is 0 Å². The molecule has 1 fully saturated rings. The Hall–Kier alpha value is -1.02. The van der Waals surface area contributed by atoms with E-state index in [-0.39, 0.29) is 34.1 Å². The van der Waals surface area contributed by atoms with Crippen LogP contribution in [0.15, 0.2) is 23.1 Å². The van der Waals surface area contributed by atoms with Crippen LogP contribution < -0.4 is 5.32 Å². The lowest BCUT2D eigenvalue weighted by molar-refractivity contribution is 0.172. The van der Waals surface area contributed by atoms with Crippen LogP contribution in [0, 0.1) is 0 Å². The highest BCUT2D eigenvalue weighted by Crippen LogP contribution is 2.31. The lowest BCUT2D eigenvalue weighted by atomic mass is 10.2. The average molecular weight is 408 g/mol. The summed E-state index contributed by atoms with van der Waals surface area (Å²) in [7, 11) is -3.73. The van der Waals surface area contributed by atoms with Gasteiger partial charge < -0.3 is 10.2 Å². The molecule has 0 spiro atoms. The SMILES string of the molecule is CCCCCNC(=O)N1CCN(S(=O)(=O)c2cccc(Cl)c2Cl)CC1. The van der Waals surface area contributed by atoms with Crippen LogP contribution in [-0.4, -0.2) is 56.4 Å². The highest BCUT2D eigenvalue weighted by atomic mass is 35.5. The van der Waals surface area contributed by atoms with Gasteiger partial charge in [-0.1, -0.05) is 49.0 Å². The topological polar surface area (TPSA) is 69.7 Å². The van der Waals surface area contributed by atoms with Gasteiger partial charge in [-0.15, -0.1) is 0 Å². The summed E-state index contributed by atoms with van der Waals surface area (Å²) in [4.78, 5) is 13.7. The molecule has 1 aromatic rings. The number of sulfonamides is 1. The van der Waals surface area contributed by atoms with Crippen molar-refractivity contribution in [3.05, 3.63) is 28.2 Å². The Labute approximate surface area is 159 Å². The van der Waals surface area contributed by atoms with Crippen molar-refractivity contribution >= 4 is 39.3 Å². The lowest BCUT2D eigenvalue weighted by Gasteiger charge is -2.34. The third-order valence-corrected chi connectivity index (χ3v) is 6.99. The van der Waals surface area contributed by atoms with E-state index >= 15 is 0 Å². The molecule has 1 saturated heterocycles. The van der Waals surface area contributed by atoms with Gasteiger partial charge in [-0.25, -0.2) is 13.2 Å². The number of carbonyl (C=O) groups is 1. The maximum Gasteiger partial charge on any atom is 0.317 e. The fourth-order valence-corrected chi connectivity index (χ4v) is 4.79. The van der Waals surface area contributed by atoms with Gasteiger partial charge in [-0.3, -0.25) is 0 Å². The van der Waals surface area contributed by atoms with Gasteiger partial charge in [0.1, 0.15) is 4.90 Å². The summed E-state index contributed by atoms with van der Waals surface area (Å²) in [6.07, 6.45) is 3.12. The third-order valence-electron chi connectivity index (χ3n) is 4.12. The molecule has 1 N–H and O–H groups in total. The fraction of sp³-hybridized carbons (Fsp3) is 0.562. The lowest BCUT2D eigenvalue weighted by Crippen LogP contribution is -2.53. The van der Waals surface area contributed by atoms with Gasteiger partial charge in [-0.05, 0) is 18.6 Å². The quantitative estimate of drug-likeness (QED) is 0.735. The number of piperazine rings is 1. The third kappa shape index (κ3) is 5.00. The first-order chi connectivity index (χ1) is 11.9. The summed E-state index contributed by atoms with van der Waals surface area (Å²) in [5.41, 5.74) is 0. The van der Waals surface area contributed by atoms with Gasteiger partial charge >= 0.3 is 6.03 Å². The van der Waals surface area contributed by atoms with E-state index in [0.29, 0.717) is 19.6 Å². The van der Waals surface area contributed by atoms with Gasteiger partial charge in [0.25, 0.3) is 0 Å². The molecule has 1 aliphatic heterocycles. The van der Waals surface area contributed by atoms with E-state index in [1.807, 2.05) is 0 Å². The van der Waals surface area contributed by atoms with Crippen molar-refractivity contribution in [2.24, 2.45) is 0 Å². The Kier molecular flexibility index (Phi) is 7.37. The van der Waals surface area contributed by atoms with E-state index < -0.39 is 10.0 Å². The second-order valence-electron chi connectivity index (χ2n) is 5.88. The second kappa shape index (κ2) is 9.07. The number of carbonyl (C=O) groups excluding carboxylic acids is 1. The largest absolute Gasteiger partial charge is 0.338 e. The Morgan fingerprint density at radius 1 is 1.16 bits per heavy atom. The monoisotopic (exact) mass is 407 g/mol. The fourth-order valence-electron chi connectivity index (χ4n) is 2.64. The molecule has 1 aliphatic rings. The molecule has 0 radical (unpaired) electrons. The van der Waals surface area contributed by atoms with Crippen LogP contribution in [0.4, 0.5) is 4.79 Å². The second-order valence-corrected chi connectivity index (χ2v) is 8.57. The molecular formula is C16H23Cl2N3O3S. The number of amides is 2. The summed E-state index contributed by atoms with van der Waals surface area (Å²) >= 11 is 12.0. The Bertz CT molecular complexity index is 705. The van der Waals surface area contributed by atoms with Crippen LogP contribution in [0.3, 0.4) is 0 Å². The normalized spacial score (nSPS) is 16.0. The van der Waals surface area contributed by atoms with Crippen molar-refractivity contribution in [2.45, 2.75) is 31.1 Å². The average Bonchev–Trinajstić information content (AvgIpc) is 2.61. The van der Waals surface area contributed by atoms with Crippen LogP contribution >= 0.6 is 23.2 Å².